The van der Waals surface area contributed by atoms with Crippen molar-refractivity contribution in [3.05, 3.63) is 62.9 Å². The van der Waals surface area contributed by atoms with Gasteiger partial charge in [0.2, 0.25) is 0 Å². The molecule has 7 nitrogen and oxygen atoms in total. The third-order valence-electron chi connectivity index (χ3n) is 3.61. The molecule has 2 rings (SSSR count). The summed E-state index contributed by atoms with van der Waals surface area (Å²) in [4.78, 5) is 23.4. The van der Waals surface area contributed by atoms with Gasteiger partial charge in [0.15, 0.2) is 18.1 Å². The number of benzene rings is 2. The molecule has 1 unspecified atom stereocenters. The lowest BCUT2D eigenvalue weighted by Gasteiger charge is -2.14. The van der Waals surface area contributed by atoms with Crippen molar-refractivity contribution in [1.29, 1.82) is 0 Å². The van der Waals surface area contributed by atoms with E-state index in [1.165, 1.54) is 37.4 Å². The first-order chi connectivity index (χ1) is 12.3. The number of halogens is 2. The summed E-state index contributed by atoms with van der Waals surface area (Å²) in [5, 5.41) is 13.8. The van der Waals surface area contributed by atoms with Crippen LogP contribution in [0.3, 0.4) is 0 Å². The van der Waals surface area contributed by atoms with Crippen LogP contribution in [0.5, 0.6) is 5.75 Å². The lowest BCUT2D eigenvalue weighted by Crippen LogP contribution is -3.08. The molecule has 0 aliphatic rings. The van der Waals surface area contributed by atoms with E-state index in [-0.39, 0.29) is 28.7 Å². The van der Waals surface area contributed by atoms with E-state index in [2.05, 4.69) is 5.32 Å². The Kier molecular flexibility index (Phi) is 6.48. The highest BCUT2D eigenvalue weighted by molar-refractivity contribution is 6.31. The second-order valence-electron chi connectivity index (χ2n) is 5.75. The summed E-state index contributed by atoms with van der Waals surface area (Å²) in [6, 6.07) is 8.52. The minimum atomic E-state index is -0.595. The molecule has 26 heavy (non-hydrogen) atoms. The molecule has 2 aromatic rings. The van der Waals surface area contributed by atoms with Gasteiger partial charge in [-0.25, -0.2) is 4.39 Å². The quantitative estimate of drug-likeness (QED) is 0.567. The van der Waals surface area contributed by atoms with Gasteiger partial charge in [0, 0.05) is 16.7 Å². The van der Waals surface area contributed by atoms with Crippen molar-refractivity contribution in [2.45, 2.75) is 6.54 Å². The van der Waals surface area contributed by atoms with Crippen LogP contribution in [0.1, 0.15) is 5.56 Å². The second-order valence-corrected chi connectivity index (χ2v) is 6.18. The zero-order chi connectivity index (χ0) is 19.3. The lowest BCUT2D eigenvalue weighted by atomic mass is 10.2. The second kappa shape index (κ2) is 8.59. The molecule has 0 heterocycles. The molecular weight excluding hydrogens is 365 g/mol. The Morgan fingerprint density at radius 3 is 2.69 bits per heavy atom. The topological polar surface area (TPSA) is 85.9 Å². The number of carbonyl (C=O) groups is 1. The molecule has 0 saturated carbocycles. The smallest absolute Gasteiger partial charge is 0.292 e. The van der Waals surface area contributed by atoms with Gasteiger partial charge in [0.1, 0.15) is 12.2 Å². The van der Waals surface area contributed by atoms with Crippen LogP contribution in [0, 0.1) is 15.9 Å². The number of methoxy groups -OCH3 is 1. The first-order valence-electron chi connectivity index (χ1n) is 7.67. The van der Waals surface area contributed by atoms with Crippen molar-refractivity contribution in [3.8, 4) is 5.75 Å². The van der Waals surface area contributed by atoms with Crippen LogP contribution in [-0.2, 0) is 11.3 Å². The highest BCUT2D eigenvalue weighted by Gasteiger charge is 2.18. The zero-order valence-corrected chi connectivity index (χ0v) is 15.0. The van der Waals surface area contributed by atoms with Crippen LogP contribution in [0.15, 0.2) is 36.4 Å². The predicted molar refractivity (Wildman–Crippen MR) is 95.1 cm³/mol. The van der Waals surface area contributed by atoms with Gasteiger partial charge in [-0.1, -0.05) is 11.6 Å². The van der Waals surface area contributed by atoms with Crippen molar-refractivity contribution in [1.82, 2.24) is 0 Å². The molecule has 0 bridgehead atoms. The number of nitrogens with one attached hydrogen (secondary N) is 2. The van der Waals surface area contributed by atoms with Crippen LogP contribution in [0.25, 0.3) is 0 Å². The number of quaternary nitrogens is 1. The maximum atomic E-state index is 13.7. The van der Waals surface area contributed by atoms with Crippen LogP contribution >= 0.6 is 11.6 Å². The van der Waals surface area contributed by atoms with E-state index in [1.807, 2.05) is 0 Å². The summed E-state index contributed by atoms with van der Waals surface area (Å²) in [6.07, 6.45) is 0. The van der Waals surface area contributed by atoms with E-state index in [0.29, 0.717) is 12.1 Å². The van der Waals surface area contributed by atoms with Gasteiger partial charge in [-0.15, -0.1) is 0 Å². The fourth-order valence-electron chi connectivity index (χ4n) is 2.47. The third kappa shape index (κ3) is 5.14. The summed E-state index contributed by atoms with van der Waals surface area (Å²) < 4.78 is 18.6. The molecule has 2 N–H and O–H groups in total. The molecule has 2 aromatic carbocycles. The van der Waals surface area contributed by atoms with Crippen molar-refractivity contribution < 1.29 is 23.7 Å². The summed E-state index contributed by atoms with van der Waals surface area (Å²) in [5.74, 6) is -0.740. The maximum Gasteiger partial charge on any atom is 0.292 e. The van der Waals surface area contributed by atoms with E-state index >= 15 is 0 Å². The number of hydrogen-bond donors (Lipinski definition) is 2. The Hall–Kier alpha value is -2.71. The Bertz CT molecular complexity index is 832. The summed E-state index contributed by atoms with van der Waals surface area (Å²) >= 11 is 5.83. The molecule has 0 radical (unpaired) electrons. The van der Waals surface area contributed by atoms with Crippen LogP contribution in [-0.4, -0.2) is 31.5 Å². The fraction of sp³-hybridized carbons (Fsp3) is 0.235. The van der Waals surface area contributed by atoms with Crippen molar-refractivity contribution in [3.63, 3.8) is 0 Å². The fourth-order valence-corrected chi connectivity index (χ4v) is 2.64. The van der Waals surface area contributed by atoms with Crippen molar-refractivity contribution in [2.75, 3.05) is 26.0 Å². The van der Waals surface area contributed by atoms with Gasteiger partial charge in [0.05, 0.1) is 19.1 Å². The normalized spacial score (nSPS) is 11.7. The van der Waals surface area contributed by atoms with Crippen LogP contribution in [0.4, 0.5) is 15.8 Å². The third-order valence-corrected chi connectivity index (χ3v) is 3.85. The van der Waals surface area contributed by atoms with Crippen LogP contribution in [0.2, 0.25) is 5.02 Å². The van der Waals surface area contributed by atoms with Crippen molar-refractivity contribution in [2.24, 2.45) is 0 Å². The molecule has 0 saturated heterocycles. The number of hydrogen-bond acceptors (Lipinski definition) is 4. The van der Waals surface area contributed by atoms with E-state index in [4.69, 9.17) is 16.3 Å². The number of rotatable bonds is 7. The molecule has 0 fully saturated rings. The number of carbonyl (C=O) groups excluding carboxylic acids is 1. The van der Waals surface area contributed by atoms with Gasteiger partial charge >= 0.3 is 0 Å². The van der Waals surface area contributed by atoms with Crippen LogP contribution < -0.4 is 15.0 Å². The van der Waals surface area contributed by atoms with Gasteiger partial charge in [0.25, 0.3) is 11.6 Å². The average Bonchev–Trinajstić information content (AvgIpc) is 2.54. The summed E-state index contributed by atoms with van der Waals surface area (Å²) in [6.45, 7) is 0.434. The Morgan fingerprint density at radius 1 is 1.35 bits per heavy atom. The highest BCUT2D eigenvalue weighted by atomic mass is 35.5. The Morgan fingerprint density at radius 2 is 2.08 bits per heavy atom. The minimum Gasteiger partial charge on any atom is -0.494 e. The number of nitrogens with zero attached hydrogens (tertiary/aromatic N) is 1. The standard InChI is InChI=1S/C17H17ClFN3O4/c1-21(9-11-3-6-16(26-2)13(19)7-11)10-17(23)20-14-8-12(18)4-5-15(14)22(24)25/h3-8H,9-10H2,1-2H3,(H,20,23)/p+1. The Labute approximate surface area is 154 Å². The average molecular weight is 383 g/mol. The Balaban J connectivity index is 2.00. The van der Waals surface area contributed by atoms with Gasteiger partial charge < -0.3 is 15.0 Å². The van der Waals surface area contributed by atoms with E-state index < -0.39 is 16.6 Å². The number of anilines is 1. The van der Waals surface area contributed by atoms with Crippen molar-refractivity contribution >= 4 is 28.9 Å². The first-order valence-corrected chi connectivity index (χ1v) is 8.05. The molecule has 0 aliphatic carbocycles. The highest BCUT2D eigenvalue weighted by Crippen LogP contribution is 2.27. The van der Waals surface area contributed by atoms with Gasteiger partial charge in [-0.05, 0) is 30.3 Å². The van der Waals surface area contributed by atoms with E-state index in [0.717, 1.165) is 4.90 Å². The predicted octanol–water partition coefficient (Wildman–Crippen LogP) is 2.05. The van der Waals surface area contributed by atoms with Gasteiger partial charge in [-0.3, -0.25) is 14.9 Å². The first kappa shape index (κ1) is 19.6. The number of nitro groups is 1. The number of nitro benzene ring substituents is 1. The SMILES string of the molecule is COc1ccc(C[NH+](C)CC(=O)Nc2cc(Cl)ccc2[N+](=O)[O-])cc1F. The van der Waals surface area contributed by atoms with E-state index in [9.17, 15) is 19.3 Å². The lowest BCUT2D eigenvalue weighted by molar-refractivity contribution is -0.885. The molecule has 0 aromatic heterocycles. The van der Waals surface area contributed by atoms with E-state index in [1.54, 1.807) is 13.1 Å². The van der Waals surface area contributed by atoms with Gasteiger partial charge in [-0.2, -0.15) is 0 Å². The monoisotopic (exact) mass is 382 g/mol. The molecule has 1 atom stereocenters. The zero-order valence-electron chi connectivity index (χ0n) is 14.2. The molecule has 1 amide bonds. The number of amides is 1. The largest absolute Gasteiger partial charge is 0.494 e. The number of likely N-dealkylation sites (N-methyl/N-ethyl adjacent to an activating group) is 1. The molecule has 0 spiro atoms. The maximum absolute atomic E-state index is 13.7. The molecule has 138 valence electrons. The summed E-state index contributed by atoms with van der Waals surface area (Å²) in [5.41, 5.74) is 0.496. The summed E-state index contributed by atoms with van der Waals surface area (Å²) in [7, 11) is 3.14. The minimum absolute atomic E-state index is 0.0378. The molecule has 9 heteroatoms. The molecule has 0 aliphatic heterocycles. The molecular formula is C17H18ClFN3O4+. The number of ether oxygens (including phenoxy) is 1.